The lowest BCUT2D eigenvalue weighted by Gasteiger charge is -2.34. The zero-order valence-corrected chi connectivity index (χ0v) is 20.6. The van der Waals surface area contributed by atoms with Crippen LogP contribution in [-0.2, 0) is 21.3 Å². The molecular weight excluding hydrogens is 462 g/mol. The minimum atomic E-state index is -3.76. The van der Waals surface area contributed by atoms with Gasteiger partial charge in [0.1, 0.15) is 5.82 Å². The van der Waals surface area contributed by atoms with Gasteiger partial charge in [0.05, 0.1) is 17.1 Å². The average Bonchev–Trinajstić information content (AvgIpc) is 2.77. The highest BCUT2D eigenvalue weighted by Crippen LogP contribution is 2.23. The summed E-state index contributed by atoms with van der Waals surface area (Å²) in [4.78, 5) is 41.0. The second-order valence-electron chi connectivity index (χ2n) is 8.47. The summed E-state index contributed by atoms with van der Waals surface area (Å²) in [5.74, 6) is -0.678. The molecular formula is C22H31N5O6S. The second kappa shape index (κ2) is 10.1. The van der Waals surface area contributed by atoms with Crippen LogP contribution in [0, 0.1) is 0 Å². The van der Waals surface area contributed by atoms with E-state index in [2.05, 4.69) is 4.98 Å². The van der Waals surface area contributed by atoms with Gasteiger partial charge >= 0.3 is 5.69 Å². The van der Waals surface area contributed by atoms with Crippen molar-refractivity contribution in [2.24, 2.45) is 0 Å². The van der Waals surface area contributed by atoms with Gasteiger partial charge in [-0.3, -0.25) is 19.1 Å². The molecule has 1 aromatic heterocycles. The topological polar surface area (TPSA) is 148 Å². The number of morpholine rings is 1. The highest BCUT2D eigenvalue weighted by molar-refractivity contribution is 7.89. The fraction of sp³-hybridized carbons (Fsp3) is 0.500. The number of rotatable bonds is 7. The predicted octanol–water partition coefficient (Wildman–Crippen LogP) is 0.993. The number of sulfonamides is 1. The van der Waals surface area contributed by atoms with Gasteiger partial charge in [-0.2, -0.15) is 4.31 Å². The van der Waals surface area contributed by atoms with Gasteiger partial charge in [-0.05, 0) is 44.5 Å². The lowest BCUT2D eigenvalue weighted by Crippen LogP contribution is -2.48. The van der Waals surface area contributed by atoms with Crippen LogP contribution < -0.4 is 21.9 Å². The Labute approximate surface area is 198 Å². The molecule has 0 saturated carbocycles. The van der Waals surface area contributed by atoms with Crippen LogP contribution in [0.4, 0.5) is 11.5 Å². The van der Waals surface area contributed by atoms with Gasteiger partial charge < -0.3 is 15.4 Å². The van der Waals surface area contributed by atoms with Gasteiger partial charge in [0.15, 0.2) is 5.69 Å². The smallest absolute Gasteiger partial charge is 0.330 e. The maximum atomic E-state index is 13.1. The van der Waals surface area contributed by atoms with Crippen molar-refractivity contribution in [3.63, 3.8) is 0 Å². The van der Waals surface area contributed by atoms with Crippen molar-refractivity contribution in [2.75, 3.05) is 30.8 Å². The molecule has 1 aliphatic heterocycles. The number of aromatic amines is 1. The van der Waals surface area contributed by atoms with E-state index in [0.717, 1.165) is 11.3 Å². The van der Waals surface area contributed by atoms with E-state index in [0.29, 0.717) is 13.0 Å². The summed E-state index contributed by atoms with van der Waals surface area (Å²) in [5.41, 5.74) is 4.69. The quantitative estimate of drug-likeness (QED) is 0.584. The number of hydrogen-bond donors (Lipinski definition) is 2. The molecule has 1 amide bonds. The monoisotopic (exact) mass is 493 g/mol. The minimum Gasteiger partial charge on any atom is -0.383 e. The number of nitrogen functional groups attached to an aromatic ring is 1. The van der Waals surface area contributed by atoms with Crippen LogP contribution in [0.3, 0.4) is 0 Å². The van der Waals surface area contributed by atoms with E-state index in [9.17, 15) is 22.8 Å². The summed E-state index contributed by atoms with van der Waals surface area (Å²) >= 11 is 0. The maximum absolute atomic E-state index is 13.1. The van der Waals surface area contributed by atoms with Crippen LogP contribution in [-0.4, -0.2) is 60.5 Å². The Morgan fingerprint density at radius 1 is 1.18 bits per heavy atom. The van der Waals surface area contributed by atoms with Crippen molar-refractivity contribution in [3.8, 4) is 0 Å². The summed E-state index contributed by atoms with van der Waals surface area (Å²) in [6.07, 6.45) is 1.03. The molecule has 11 nitrogen and oxygen atoms in total. The molecule has 186 valence electrons. The lowest BCUT2D eigenvalue weighted by atomic mass is 10.2. The zero-order chi connectivity index (χ0) is 25.2. The van der Waals surface area contributed by atoms with Crippen molar-refractivity contribution in [1.82, 2.24) is 13.9 Å². The molecule has 2 atom stereocenters. The molecule has 0 spiro atoms. The SMILES string of the molecule is CCCCn1c(N)c(N(C)C(=O)c2ccc(S(=O)(=O)N3CC(C)OC(C)C3)cc2)c(=O)[nH]c1=O. The van der Waals surface area contributed by atoms with Gasteiger partial charge in [0.25, 0.3) is 11.5 Å². The first-order chi connectivity index (χ1) is 16.0. The third-order valence-corrected chi connectivity index (χ3v) is 7.56. The van der Waals surface area contributed by atoms with E-state index in [1.807, 2.05) is 20.8 Å². The number of nitrogens with zero attached hydrogens (tertiary/aromatic N) is 3. The van der Waals surface area contributed by atoms with Crippen LogP contribution in [0.25, 0.3) is 0 Å². The van der Waals surface area contributed by atoms with Crippen LogP contribution >= 0.6 is 0 Å². The van der Waals surface area contributed by atoms with Gasteiger partial charge in [0, 0.05) is 32.2 Å². The second-order valence-corrected chi connectivity index (χ2v) is 10.4. The van der Waals surface area contributed by atoms with E-state index in [4.69, 9.17) is 10.5 Å². The molecule has 0 radical (unpaired) electrons. The maximum Gasteiger partial charge on any atom is 0.330 e. The summed E-state index contributed by atoms with van der Waals surface area (Å²) in [6, 6.07) is 5.49. The Kier molecular flexibility index (Phi) is 7.64. The largest absolute Gasteiger partial charge is 0.383 e. The van der Waals surface area contributed by atoms with Crippen molar-refractivity contribution in [1.29, 1.82) is 0 Å². The third kappa shape index (κ3) is 5.08. The molecule has 3 rings (SSSR count). The Morgan fingerprint density at radius 2 is 1.76 bits per heavy atom. The van der Waals surface area contributed by atoms with Crippen LogP contribution in [0.5, 0.6) is 0 Å². The zero-order valence-electron chi connectivity index (χ0n) is 19.8. The van der Waals surface area contributed by atoms with Gasteiger partial charge in [0.2, 0.25) is 10.0 Å². The number of anilines is 2. The van der Waals surface area contributed by atoms with E-state index in [-0.39, 0.29) is 47.3 Å². The van der Waals surface area contributed by atoms with E-state index < -0.39 is 27.2 Å². The van der Waals surface area contributed by atoms with Crippen LogP contribution in [0.2, 0.25) is 0 Å². The van der Waals surface area contributed by atoms with Gasteiger partial charge in [-0.1, -0.05) is 13.3 Å². The number of hydrogen-bond acceptors (Lipinski definition) is 7. The Morgan fingerprint density at radius 3 is 2.32 bits per heavy atom. The number of nitrogens with two attached hydrogens (primary N) is 1. The fourth-order valence-electron chi connectivity index (χ4n) is 3.98. The molecule has 1 saturated heterocycles. The van der Waals surface area contributed by atoms with E-state index in [1.165, 1.54) is 40.2 Å². The average molecular weight is 494 g/mol. The molecule has 2 heterocycles. The first-order valence-corrected chi connectivity index (χ1v) is 12.6. The first-order valence-electron chi connectivity index (χ1n) is 11.1. The number of ether oxygens (including phenoxy) is 1. The molecule has 34 heavy (non-hydrogen) atoms. The first kappa shape index (κ1) is 25.7. The summed E-state index contributed by atoms with van der Waals surface area (Å²) in [6.45, 7) is 6.37. The number of benzene rings is 1. The third-order valence-electron chi connectivity index (χ3n) is 5.71. The fourth-order valence-corrected chi connectivity index (χ4v) is 5.57. The molecule has 0 bridgehead atoms. The van der Waals surface area contributed by atoms with Crippen molar-refractivity contribution < 1.29 is 17.9 Å². The van der Waals surface area contributed by atoms with Crippen molar-refractivity contribution >= 4 is 27.4 Å². The molecule has 1 aliphatic rings. The van der Waals surface area contributed by atoms with Gasteiger partial charge in [-0.25, -0.2) is 13.2 Å². The number of unbranched alkanes of at least 4 members (excludes halogenated alkanes) is 1. The Balaban J connectivity index is 1.88. The number of carbonyl (C=O) groups is 1. The number of aromatic nitrogens is 2. The standard InChI is InChI=1S/C22H31N5O6S/c1-5-6-11-27-19(23)18(20(28)24-22(27)30)25(4)21(29)16-7-9-17(10-8-16)34(31,32)26-12-14(2)33-15(3)13-26/h7-10,14-15H,5-6,11-13,23H2,1-4H3,(H,24,28,30). The minimum absolute atomic E-state index is 0.0541. The van der Waals surface area contributed by atoms with Crippen molar-refractivity contribution in [3.05, 3.63) is 50.7 Å². The number of nitrogens with one attached hydrogen (secondary N) is 1. The Hall–Kier alpha value is -2.96. The van der Waals surface area contributed by atoms with Crippen molar-refractivity contribution in [2.45, 2.75) is 57.3 Å². The Bertz CT molecular complexity index is 1260. The molecule has 1 aromatic carbocycles. The van der Waals surface area contributed by atoms with Gasteiger partial charge in [-0.15, -0.1) is 0 Å². The molecule has 2 aromatic rings. The van der Waals surface area contributed by atoms with E-state index >= 15 is 0 Å². The normalized spacial score (nSPS) is 19.2. The number of H-pyrrole nitrogens is 1. The molecule has 12 heteroatoms. The summed E-state index contributed by atoms with van der Waals surface area (Å²) < 4.78 is 34.3. The highest BCUT2D eigenvalue weighted by atomic mass is 32.2. The number of amides is 1. The van der Waals surface area contributed by atoms with Crippen LogP contribution in [0.15, 0.2) is 38.8 Å². The molecule has 0 aliphatic carbocycles. The molecule has 3 N–H and O–H groups in total. The summed E-state index contributed by atoms with van der Waals surface area (Å²) in [7, 11) is -2.39. The highest BCUT2D eigenvalue weighted by Gasteiger charge is 2.32. The lowest BCUT2D eigenvalue weighted by molar-refractivity contribution is -0.0440. The van der Waals surface area contributed by atoms with Crippen LogP contribution in [0.1, 0.15) is 44.0 Å². The molecule has 1 fully saturated rings. The summed E-state index contributed by atoms with van der Waals surface area (Å²) in [5, 5.41) is 0. The van der Waals surface area contributed by atoms with E-state index in [1.54, 1.807) is 0 Å². The molecule has 2 unspecified atom stereocenters. The number of carbonyl (C=O) groups excluding carboxylic acids is 1. The predicted molar refractivity (Wildman–Crippen MR) is 129 cm³/mol.